The average Bonchev–Trinajstić information content (AvgIpc) is 3.22. The number of hydrogen-bond donors (Lipinski definition) is 1. The maximum atomic E-state index is 12.6. The van der Waals surface area contributed by atoms with Crippen molar-refractivity contribution in [3.05, 3.63) is 65.2 Å². The van der Waals surface area contributed by atoms with E-state index in [-0.39, 0.29) is 11.8 Å². The Hall–Kier alpha value is -2.77. The van der Waals surface area contributed by atoms with E-state index in [1.165, 1.54) is 4.70 Å². The number of amides is 2. The average molecular weight is 437 g/mol. The van der Waals surface area contributed by atoms with Crippen LogP contribution in [0.1, 0.15) is 23.4 Å². The van der Waals surface area contributed by atoms with Crippen molar-refractivity contribution in [1.82, 2.24) is 20.1 Å². The van der Waals surface area contributed by atoms with Crippen LogP contribution in [0.5, 0.6) is 0 Å². The van der Waals surface area contributed by atoms with Crippen LogP contribution in [0.3, 0.4) is 0 Å². The number of piperazine rings is 1. The van der Waals surface area contributed by atoms with Gasteiger partial charge in [-0.2, -0.15) is 0 Å². The van der Waals surface area contributed by atoms with Gasteiger partial charge in [-0.3, -0.25) is 14.5 Å². The summed E-state index contributed by atoms with van der Waals surface area (Å²) >= 11 is 1.71. The lowest BCUT2D eigenvalue weighted by molar-refractivity contribution is -0.133. The van der Waals surface area contributed by atoms with Crippen molar-refractivity contribution in [2.24, 2.45) is 0 Å². The zero-order chi connectivity index (χ0) is 21.5. The van der Waals surface area contributed by atoms with E-state index >= 15 is 0 Å². The van der Waals surface area contributed by atoms with Crippen molar-refractivity contribution < 1.29 is 9.59 Å². The molecule has 3 aromatic rings. The molecule has 1 aliphatic heterocycles. The number of rotatable bonds is 8. The van der Waals surface area contributed by atoms with Gasteiger partial charge in [0.1, 0.15) is 0 Å². The summed E-state index contributed by atoms with van der Waals surface area (Å²) in [6.45, 7) is 3.78. The van der Waals surface area contributed by atoms with E-state index in [1.54, 1.807) is 11.3 Å². The van der Waals surface area contributed by atoms with Gasteiger partial charge in [0, 0.05) is 39.1 Å². The molecule has 1 aromatic heterocycles. The van der Waals surface area contributed by atoms with Crippen LogP contribution in [0.15, 0.2) is 54.6 Å². The molecule has 7 heteroatoms. The molecule has 1 N–H and O–H groups in total. The fourth-order valence-electron chi connectivity index (χ4n) is 3.79. The van der Waals surface area contributed by atoms with Gasteiger partial charge in [0.15, 0.2) is 0 Å². The first-order valence-corrected chi connectivity index (χ1v) is 11.6. The number of nitrogens with one attached hydrogen (secondary N) is 1. The zero-order valence-corrected chi connectivity index (χ0v) is 18.4. The van der Waals surface area contributed by atoms with Crippen LogP contribution in [-0.4, -0.2) is 59.3 Å². The van der Waals surface area contributed by atoms with E-state index in [0.717, 1.165) is 42.0 Å². The lowest BCUT2D eigenvalue weighted by Gasteiger charge is -2.34. The molecule has 1 saturated heterocycles. The summed E-state index contributed by atoms with van der Waals surface area (Å²) in [7, 11) is 0. The Morgan fingerprint density at radius 3 is 2.48 bits per heavy atom. The molecule has 6 nitrogen and oxygen atoms in total. The minimum absolute atomic E-state index is 0.0273. The van der Waals surface area contributed by atoms with Crippen LogP contribution in [-0.2, 0) is 22.6 Å². The predicted octanol–water partition coefficient (Wildman–Crippen LogP) is 3.08. The highest BCUT2D eigenvalue weighted by Gasteiger charge is 2.22. The molecule has 1 aliphatic rings. The summed E-state index contributed by atoms with van der Waals surface area (Å²) in [5.41, 5.74) is 2.13. The second kappa shape index (κ2) is 10.5. The Morgan fingerprint density at radius 2 is 1.71 bits per heavy atom. The Kier molecular flexibility index (Phi) is 7.27. The second-order valence-corrected chi connectivity index (χ2v) is 8.96. The molecule has 4 rings (SSSR count). The molecule has 0 unspecified atom stereocenters. The zero-order valence-electron chi connectivity index (χ0n) is 17.6. The smallest absolute Gasteiger partial charge is 0.234 e. The Balaban J connectivity index is 1.13. The molecule has 0 spiro atoms. The van der Waals surface area contributed by atoms with E-state index in [9.17, 15) is 9.59 Å². The summed E-state index contributed by atoms with van der Waals surface area (Å²) in [4.78, 5) is 33.4. The maximum Gasteiger partial charge on any atom is 0.234 e. The van der Waals surface area contributed by atoms with Gasteiger partial charge in [-0.25, -0.2) is 4.98 Å². The summed E-state index contributed by atoms with van der Waals surface area (Å²) in [6.07, 6.45) is 2.21. The largest absolute Gasteiger partial charge is 0.351 e. The third-order valence-electron chi connectivity index (χ3n) is 5.54. The number of thiazole rings is 1. The number of hydrogen-bond acceptors (Lipinski definition) is 5. The fraction of sp³-hybridized carbons (Fsp3) is 0.375. The fourth-order valence-corrected chi connectivity index (χ4v) is 4.80. The molecule has 2 heterocycles. The van der Waals surface area contributed by atoms with Crippen molar-refractivity contribution in [1.29, 1.82) is 0 Å². The van der Waals surface area contributed by atoms with Crippen LogP contribution in [0.2, 0.25) is 0 Å². The van der Waals surface area contributed by atoms with E-state index in [4.69, 9.17) is 0 Å². The van der Waals surface area contributed by atoms with Crippen molar-refractivity contribution in [3.63, 3.8) is 0 Å². The number of para-hydroxylation sites is 1. The van der Waals surface area contributed by atoms with Crippen LogP contribution in [0, 0.1) is 0 Å². The van der Waals surface area contributed by atoms with E-state index in [0.29, 0.717) is 32.6 Å². The molecule has 162 valence electrons. The first-order chi connectivity index (χ1) is 15.2. The van der Waals surface area contributed by atoms with Gasteiger partial charge in [-0.15, -0.1) is 11.3 Å². The topological polar surface area (TPSA) is 65.5 Å². The normalized spacial score (nSPS) is 14.6. The molecule has 1 fully saturated rings. The molecule has 0 aliphatic carbocycles. The lowest BCUT2D eigenvalue weighted by atomic mass is 10.2. The molecule has 0 atom stereocenters. The van der Waals surface area contributed by atoms with E-state index in [2.05, 4.69) is 21.3 Å². The Bertz CT molecular complexity index is 980. The van der Waals surface area contributed by atoms with Crippen molar-refractivity contribution in [2.75, 3.05) is 32.7 Å². The van der Waals surface area contributed by atoms with Gasteiger partial charge < -0.3 is 10.2 Å². The van der Waals surface area contributed by atoms with Gasteiger partial charge in [0.25, 0.3) is 0 Å². The van der Waals surface area contributed by atoms with Gasteiger partial charge >= 0.3 is 0 Å². The first kappa shape index (κ1) is 21.5. The Morgan fingerprint density at radius 1 is 0.968 bits per heavy atom. The van der Waals surface area contributed by atoms with E-state index < -0.39 is 0 Å². The van der Waals surface area contributed by atoms with Gasteiger partial charge in [0.2, 0.25) is 11.8 Å². The van der Waals surface area contributed by atoms with Gasteiger partial charge in [0.05, 0.1) is 21.8 Å². The summed E-state index contributed by atoms with van der Waals surface area (Å²) in [6, 6.07) is 18.1. The highest BCUT2D eigenvalue weighted by molar-refractivity contribution is 7.18. The highest BCUT2D eigenvalue weighted by Crippen LogP contribution is 2.22. The lowest BCUT2D eigenvalue weighted by Crippen LogP contribution is -2.51. The number of aryl methyl sites for hydroxylation is 1. The minimum Gasteiger partial charge on any atom is -0.351 e. The van der Waals surface area contributed by atoms with Crippen molar-refractivity contribution >= 4 is 33.4 Å². The molecular weight excluding hydrogens is 408 g/mol. The number of carbonyl (C=O) groups is 2. The third kappa shape index (κ3) is 6.12. The maximum absolute atomic E-state index is 12.6. The summed E-state index contributed by atoms with van der Waals surface area (Å²) in [5.74, 6) is 0.230. The minimum atomic E-state index is 0.0273. The molecule has 0 bridgehead atoms. The van der Waals surface area contributed by atoms with Gasteiger partial charge in [-0.1, -0.05) is 42.5 Å². The van der Waals surface area contributed by atoms with Crippen LogP contribution < -0.4 is 5.32 Å². The quantitative estimate of drug-likeness (QED) is 0.589. The highest BCUT2D eigenvalue weighted by atomic mass is 32.1. The second-order valence-electron chi connectivity index (χ2n) is 7.85. The molecule has 0 saturated carbocycles. The monoisotopic (exact) mass is 436 g/mol. The molecule has 31 heavy (non-hydrogen) atoms. The van der Waals surface area contributed by atoms with Crippen LogP contribution in [0.4, 0.5) is 0 Å². The third-order valence-corrected chi connectivity index (χ3v) is 6.64. The number of nitrogens with zero attached hydrogens (tertiary/aromatic N) is 3. The molecular formula is C24H28N4O2S. The summed E-state index contributed by atoms with van der Waals surface area (Å²) in [5, 5.41) is 4.06. The summed E-state index contributed by atoms with van der Waals surface area (Å²) < 4.78 is 1.20. The number of carbonyl (C=O) groups excluding carboxylic acids is 2. The standard InChI is InChI=1S/C24H28N4O2S/c29-22(25-17-19-7-2-1-3-8-19)18-27-13-15-28(16-14-27)24(30)12-6-11-23-26-20-9-4-5-10-21(20)31-23/h1-5,7-10H,6,11-18H2,(H,25,29). The molecule has 0 radical (unpaired) electrons. The SMILES string of the molecule is O=C(CN1CCN(C(=O)CCCc2nc3ccccc3s2)CC1)NCc1ccccc1. The van der Waals surface area contributed by atoms with Crippen LogP contribution in [0.25, 0.3) is 10.2 Å². The Labute approximate surface area is 186 Å². The predicted molar refractivity (Wildman–Crippen MR) is 124 cm³/mol. The van der Waals surface area contributed by atoms with Crippen LogP contribution >= 0.6 is 11.3 Å². The first-order valence-electron chi connectivity index (χ1n) is 10.8. The number of benzene rings is 2. The van der Waals surface area contributed by atoms with E-state index in [1.807, 2.05) is 53.4 Å². The number of fused-ring (bicyclic) bond motifs is 1. The van der Waals surface area contributed by atoms with Crippen molar-refractivity contribution in [2.45, 2.75) is 25.8 Å². The molecule has 2 aromatic carbocycles. The van der Waals surface area contributed by atoms with Crippen molar-refractivity contribution in [3.8, 4) is 0 Å². The number of aromatic nitrogens is 1. The van der Waals surface area contributed by atoms with Gasteiger partial charge in [-0.05, 0) is 30.5 Å². The molecule has 2 amide bonds.